The number of nitrogens with zero attached hydrogens (tertiary/aromatic N) is 2. The van der Waals surface area contributed by atoms with Crippen LogP contribution in [-0.4, -0.2) is 35.9 Å². The van der Waals surface area contributed by atoms with E-state index in [0.717, 1.165) is 17.8 Å². The first kappa shape index (κ1) is 17.3. The molecule has 8 heteroatoms. The Morgan fingerprint density at radius 1 is 1.45 bits per heavy atom. The Kier molecular flexibility index (Phi) is 6.81. The van der Waals surface area contributed by atoms with Crippen molar-refractivity contribution in [2.75, 3.05) is 25.1 Å². The lowest BCUT2D eigenvalue weighted by Crippen LogP contribution is -2.46. The molecule has 1 saturated heterocycles. The van der Waals surface area contributed by atoms with Crippen LogP contribution >= 0.6 is 23.7 Å². The van der Waals surface area contributed by atoms with Gasteiger partial charge in [0, 0.05) is 26.2 Å². The van der Waals surface area contributed by atoms with E-state index in [1.807, 2.05) is 0 Å². The molecule has 6 nitrogen and oxygen atoms in total. The number of ether oxygens (including phenoxy) is 1. The standard InChI is InChI=1S/C12H20N4O2S.ClH/c1-2-3-9-15-16-11(19-9)14-10(17)12(8-13)4-6-18-7-5-12;/h2-8,13H2,1H3,(H,14,16,17);1H. The van der Waals surface area contributed by atoms with Gasteiger partial charge in [-0.2, -0.15) is 0 Å². The predicted octanol–water partition coefficient (Wildman–Crippen LogP) is 1.61. The van der Waals surface area contributed by atoms with Crippen LogP contribution in [0.4, 0.5) is 5.13 Å². The number of nitrogens with two attached hydrogens (primary N) is 1. The molecule has 0 unspecified atom stereocenters. The number of halogens is 1. The summed E-state index contributed by atoms with van der Waals surface area (Å²) in [5.41, 5.74) is 5.28. The molecule has 0 aliphatic carbocycles. The second-order valence-corrected chi connectivity index (χ2v) is 5.86. The highest BCUT2D eigenvalue weighted by Crippen LogP contribution is 2.31. The second-order valence-electron chi connectivity index (χ2n) is 4.80. The van der Waals surface area contributed by atoms with Gasteiger partial charge in [0.15, 0.2) is 0 Å². The molecule has 1 aliphatic rings. The van der Waals surface area contributed by atoms with Gasteiger partial charge in [0.25, 0.3) is 0 Å². The maximum atomic E-state index is 12.4. The lowest BCUT2D eigenvalue weighted by Gasteiger charge is -2.34. The number of carbonyl (C=O) groups excluding carboxylic acids is 1. The minimum atomic E-state index is -0.519. The van der Waals surface area contributed by atoms with Crippen LogP contribution in [0.25, 0.3) is 0 Å². The Morgan fingerprint density at radius 3 is 2.75 bits per heavy atom. The SMILES string of the molecule is CCCc1nnc(NC(=O)C2(CN)CCOCC2)s1.Cl. The highest BCUT2D eigenvalue weighted by molar-refractivity contribution is 7.15. The predicted molar refractivity (Wildman–Crippen MR) is 81.3 cm³/mol. The number of amides is 1. The Morgan fingerprint density at radius 2 is 2.15 bits per heavy atom. The van der Waals surface area contributed by atoms with Gasteiger partial charge in [0.1, 0.15) is 5.01 Å². The van der Waals surface area contributed by atoms with Crippen molar-refractivity contribution in [1.82, 2.24) is 10.2 Å². The van der Waals surface area contributed by atoms with Gasteiger partial charge >= 0.3 is 0 Å². The zero-order valence-electron chi connectivity index (χ0n) is 11.6. The van der Waals surface area contributed by atoms with E-state index in [1.165, 1.54) is 11.3 Å². The average molecular weight is 321 g/mol. The highest BCUT2D eigenvalue weighted by Gasteiger charge is 2.39. The Labute approximate surface area is 128 Å². The number of rotatable bonds is 5. The van der Waals surface area contributed by atoms with Crippen LogP contribution in [0.1, 0.15) is 31.2 Å². The highest BCUT2D eigenvalue weighted by atomic mass is 35.5. The number of carbonyl (C=O) groups is 1. The van der Waals surface area contributed by atoms with Gasteiger partial charge in [-0.15, -0.1) is 22.6 Å². The summed E-state index contributed by atoms with van der Waals surface area (Å²) in [5.74, 6) is -0.0579. The van der Waals surface area contributed by atoms with Crippen molar-refractivity contribution >= 4 is 34.8 Å². The molecule has 0 spiro atoms. The molecule has 1 fully saturated rings. The average Bonchev–Trinajstić information content (AvgIpc) is 2.87. The van der Waals surface area contributed by atoms with Gasteiger partial charge in [-0.05, 0) is 19.3 Å². The van der Waals surface area contributed by atoms with E-state index >= 15 is 0 Å². The normalized spacial score (nSPS) is 17.3. The summed E-state index contributed by atoms with van der Waals surface area (Å²) in [6.07, 6.45) is 3.24. The van der Waals surface area contributed by atoms with Gasteiger partial charge < -0.3 is 10.5 Å². The molecule has 1 aromatic rings. The quantitative estimate of drug-likeness (QED) is 0.860. The molecule has 2 heterocycles. The van der Waals surface area contributed by atoms with Gasteiger partial charge in [-0.3, -0.25) is 10.1 Å². The van der Waals surface area contributed by atoms with Crippen LogP contribution in [0.5, 0.6) is 0 Å². The third-order valence-electron chi connectivity index (χ3n) is 3.47. The molecule has 0 radical (unpaired) electrons. The van der Waals surface area contributed by atoms with E-state index in [1.54, 1.807) is 0 Å². The van der Waals surface area contributed by atoms with Crippen molar-refractivity contribution in [1.29, 1.82) is 0 Å². The molecule has 1 aromatic heterocycles. The van der Waals surface area contributed by atoms with E-state index in [-0.39, 0.29) is 18.3 Å². The molecule has 0 atom stereocenters. The lowest BCUT2D eigenvalue weighted by atomic mass is 9.79. The van der Waals surface area contributed by atoms with E-state index in [4.69, 9.17) is 10.5 Å². The number of anilines is 1. The molecule has 3 N–H and O–H groups in total. The molecule has 1 aliphatic heterocycles. The molecule has 0 bridgehead atoms. The molecular formula is C12H21ClN4O2S. The topological polar surface area (TPSA) is 90.1 Å². The summed E-state index contributed by atoms with van der Waals surface area (Å²) >= 11 is 1.43. The fourth-order valence-corrected chi connectivity index (χ4v) is 2.97. The number of hydrogen-bond donors (Lipinski definition) is 2. The summed E-state index contributed by atoms with van der Waals surface area (Å²) in [6, 6.07) is 0. The van der Waals surface area contributed by atoms with Crippen LogP contribution in [0, 0.1) is 5.41 Å². The summed E-state index contributed by atoms with van der Waals surface area (Å²) < 4.78 is 5.30. The molecule has 0 saturated carbocycles. The largest absolute Gasteiger partial charge is 0.381 e. The molecule has 1 amide bonds. The fraction of sp³-hybridized carbons (Fsp3) is 0.750. The van der Waals surface area contributed by atoms with Gasteiger partial charge in [-0.25, -0.2) is 0 Å². The smallest absolute Gasteiger partial charge is 0.233 e. The number of aryl methyl sites for hydroxylation is 1. The van der Waals surface area contributed by atoms with Crippen molar-refractivity contribution in [2.24, 2.45) is 11.1 Å². The van der Waals surface area contributed by atoms with E-state index in [9.17, 15) is 4.79 Å². The van der Waals surface area contributed by atoms with Crippen LogP contribution in [0.15, 0.2) is 0 Å². The maximum absolute atomic E-state index is 12.4. The summed E-state index contributed by atoms with van der Waals surface area (Å²) in [7, 11) is 0. The zero-order chi connectivity index (χ0) is 13.7. The van der Waals surface area contributed by atoms with Crippen molar-refractivity contribution in [2.45, 2.75) is 32.6 Å². The van der Waals surface area contributed by atoms with Crippen LogP contribution in [0.3, 0.4) is 0 Å². The lowest BCUT2D eigenvalue weighted by molar-refractivity contribution is -0.130. The van der Waals surface area contributed by atoms with E-state index in [0.29, 0.717) is 37.7 Å². The molecule has 0 aromatic carbocycles. The summed E-state index contributed by atoms with van der Waals surface area (Å²) in [4.78, 5) is 12.4. The van der Waals surface area contributed by atoms with E-state index in [2.05, 4.69) is 22.4 Å². The maximum Gasteiger partial charge on any atom is 0.233 e. The number of aromatic nitrogens is 2. The van der Waals surface area contributed by atoms with Crippen LogP contribution in [0.2, 0.25) is 0 Å². The first-order valence-corrected chi connectivity index (χ1v) is 7.43. The number of hydrogen-bond acceptors (Lipinski definition) is 6. The molecule has 2 rings (SSSR count). The van der Waals surface area contributed by atoms with Gasteiger partial charge in [0.05, 0.1) is 5.41 Å². The third-order valence-corrected chi connectivity index (χ3v) is 4.37. The van der Waals surface area contributed by atoms with Crippen molar-refractivity contribution in [3.8, 4) is 0 Å². The fourth-order valence-electron chi connectivity index (χ4n) is 2.13. The summed E-state index contributed by atoms with van der Waals surface area (Å²) in [5, 5.41) is 12.4. The first-order chi connectivity index (χ1) is 9.20. The number of nitrogens with one attached hydrogen (secondary N) is 1. The minimum Gasteiger partial charge on any atom is -0.381 e. The molecule has 20 heavy (non-hydrogen) atoms. The van der Waals surface area contributed by atoms with Crippen LogP contribution in [-0.2, 0) is 16.0 Å². The molecular weight excluding hydrogens is 300 g/mol. The van der Waals surface area contributed by atoms with E-state index < -0.39 is 5.41 Å². The Balaban J connectivity index is 0.00000200. The van der Waals surface area contributed by atoms with Gasteiger partial charge in [-0.1, -0.05) is 18.3 Å². The first-order valence-electron chi connectivity index (χ1n) is 6.62. The Bertz CT molecular complexity index is 435. The Hall–Kier alpha value is -0.760. The van der Waals surface area contributed by atoms with Crippen molar-refractivity contribution in [3.63, 3.8) is 0 Å². The van der Waals surface area contributed by atoms with Crippen LogP contribution < -0.4 is 11.1 Å². The second kappa shape index (κ2) is 7.87. The van der Waals surface area contributed by atoms with Gasteiger partial charge in [0.2, 0.25) is 11.0 Å². The zero-order valence-corrected chi connectivity index (χ0v) is 13.2. The summed E-state index contributed by atoms with van der Waals surface area (Å²) in [6.45, 7) is 3.59. The molecule has 114 valence electrons. The third kappa shape index (κ3) is 3.88. The minimum absolute atomic E-state index is 0. The van der Waals surface area contributed by atoms with Crippen molar-refractivity contribution in [3.05, 3.63) is 5.01 Å². The monoisotopic (exact) mass is 320 g/mol. The van der Waals surface area contributed by atoms with Crippen molar-refractivity contribution < 1.29 is 9.53 Å².